The number of hydrogen-bond acceptors (Lipinski definition) is 3. The van der Waals surface area contributed by atoms with Crippen molar-refractivity contribution in [1.82, 2.24) is 16.0 Å². The fraction of sp³-hybridized carbons (Fsp3) is 0.500. The maximum atomic E-state index is 12.1. The van der Waals surface area contributed by atoms with Crippen molar-refractivity contribution in [1.29, 1.82) is 0 Å². The summed E-state index contributed by atoms with van der Waals surface area (Å²) >= 11 is 0. The number of carbonyl (C=O) groups is 2. The number of aliphatic hydroxyl groups excluding tert-OH is 1. The van der Waals surface area contributed by atoms with E-state index in [0.29, 0.717) is 12.8 Å². The molecule has 6 nitrogen and oxygen atoms in total. The van der Waals surface area contributed by atoms with E-state index < -0.39 is 11.6 Å². The quantitative estimate of drug-likeness (QED) is 0.612. The third-order valence-corrected chi connectivity index (χ3v) is 3.40. The van der Waals surface area contributed by atoms with Crippen molar-refractivity contribution < 1.29 is 14.7 Å². The number of hydrogen-bond donors (Lipinski definition) is 4. The first-order valence-electron chi connectivity index (χ1n) is 7.33. The molecule has 1 aromatic carbocycles. The molecule has 1 atom stereocenters. The van der Waals surface area contributed by atoms with Gasteiger partial charge in [0.2, 0.25) is 5.91 Å². The second-order valence-corrected chi connectivity index (χ2v) is 5.80. The summed E-state index contributed by atoms with van der Waals surface area (Å²) < 4.78 is 0. The number of amides is 3. The first-order chi connectivity index (χ1) is 10.4. The summed E-state index contributed by atoms with van der Waals surface area (Å²) in [6.45, 7) is 3.52. The van der Waals surface area contributed by atoms with Gasteiger partial charge in [-0.3, -0.25) is 4.79 Å². The van der Waals surface area contributed by atoms with Crippen LogP contribution >= 0.6 is 0 Å². The van der Waals surface area contributed by atoms with Gasteiger partial charge in [-0.15, -0.1) is 0 Å². The fourth-order valence-corrected chi connectivity index (χ4v) is 2.03. The Bertz CT molecular complexity index is 489. The van der Waals surface area contributed by atoms with E-state index >= 15 is 0 Å². The fourth-order valence-electron chi connectivity index (χ4n) is 2.03. The molecular weight excluding hydrogens is 282 g/mol. The molecule has 1 aromatic rings. The van der Waals surface area contributed by atoms with Crippen LogP contribution in [0.4, 0.5) is 4.79 Å². The molecule has 0 unspecified atom stereocenters. The second kappa shape index (κ2) is 8.38. The molecule has 0 saturated heterocycles. The molecule has 4 N–H and O–H groups in total. The number of benzene rings is 1. The number of rotatable bonds is 7. The van der Waals surface area contributed by atoms with Crippen LogP contribution in [0.15, 0.2) is 30.3 Å². The van der Waals surface area contributed by atoms with Crippen molar-refractivity contribution in [2.24, 2.45) is 0 Å². The van der Waals surface area contributed by atoms with E-state index in [2.05, 4.69) is 16.0 Å². The summed E-state index contributed by atoms with van der Waals surface area (Å²) in [5.41, 5.74) is 0.316. The zero-order valence-corrected chi connectivity index (χ0v) is 13.3. The molecule has 0 aliphatic carbocycles. The van der Waals surface area contributed by atoms with E-state index in [9.17, 15) is 14.7 Å². The van der Waals surface area contributed by atoms with Gasteiger partial charge in [0.1, 0.15) is 0 Å². The molecule has 22 heavy (non-hydrogen) atoms. The Balaban J connectivity index is 2.55. The lowest BCUT2D eigenvalue weighted by Crippen LogP contribution is -2.50. The predicted octanol–water partition coefficient (Wildman–Crippen LogP) is 1.32. The minimum absolute atomic E-state index is 0.0622. The van der Waals surface area contributed by atoms with Crippen LogP contribution in [0.25, 0.3) is 0 Å². The van der Waals surface area contributed by atoms with Crippen molar-refractivity contribution >= 4 is 11.9 Å². The lowest BCUT2D eigenvalue weighted by atomic mass is 9.98. The van der Waals surface area contributed by atoms with Gasteiger partial charge in [0.15, 0.2) is 0 Å². The zero-order chi connectivity index (χ0) is 16.6. The van der Waals surface area contributed by atoms with Gasteiger partial charge in [0.05, 0.1) is 12.6 Å². The molecule has 0 spiro atoms. The van der Waals surface area contributed by atoms with E-state index in [-0.39, 0.29) is 18.5 Å². The van der Waals surface area contributed by atoms with E-state index in [1.54, 1.807) is 7.05 Å². The minimum atomic E-state index is -0.521. The first-order valence-corrected chi connectivity index (χ1v) is 7.33. The van der Waals surface area contributed by atoms with Crippen LogP contribution in [0, 0.1) is 0 Å². The highest BCUT2D eigenvalue weighted by molar-refractivity contribution is 5.77. The highest BCUT2D eigenvalue weighted by atomic mass is 16.3. The summed E-state index contributed by atoms with van der Waals surface area (Å²) in [6, 6.07) is 8.44. The first kappa shape index (κ1) is 18.0. The molecule has 0 aliphatic rings. The van der Waals surface area contributed by atoms with E-state index in [1.807, 2.05) is 44.2 Å². The molecule has 0 radical (unpaired) electrons. The lowest BCUT2D eigenvalue weighted by molar-refractivity contribution is -0.121. The molecule has 1 rings (SSSR count). The van der Waals surface area contributed by atoms with Gasteiger partial charge in [-0.1, -0.05) is 30.3 Å². The van der Waals surface area contributed by atoms with Crippen LogP contribution in [-0.4, -0.2) is 36.2 Å². The predicted molar refractivity (Wildman–Crippen MR) is 85.3 cm³/mol. The second-order valence-electron chi connectivity index (χ2n) is 5.80. The Morgan fingerprint density at radius 1 is 1.23 bits per heavy atom. The minimum Gasteiger partial charge on any atom is -0.394 e. The van der Waals surface area contributed by atoms with Gasteiger partial charge in [0.25, 0.3) is 0 Å². The molecular formula is C16H25N3O3. The van der Waals surface area contributed by atoms with Crippen LogP contribution < -0.4 is 16.0 Å². The molecule has 0 saturated carbocycles. The van der Waals surface area contributed by atoms with E-state index in [1.165, 1.54) is 0 Å². The SMILES string of the molecule is CNC(=O)CCC(C)(C)NC(=O)N[C@@H](CO)c1ccccc1. The van der Waals surface area contributed by atoms with Crippen LogP contribution in [-0.2, 0) is 4.79 Å². The van der Waals surface area contributed by atoms with Crippen LogP contribution in [0.5, 0.6) is 0 Å². The van der Waals surface area contributed by atoms with Gasteiger partial charge in [-0.25, -0.2) is 4.79 Å². The topological polar surface area (TPSA) is 90.5 Å². The third-order valence-electron chi connectivity index (χ3n) is 3.40. The normalized spacial score (nSPS) is 12.4. The van der Waals surface area contributed by atoms with Gasteiger partial charge in [-0.2, -0.15) is 0 Å². The molecule has 3 amide bonds. The van der Waals surface area contributed by atoms with Crippen molar-refractivity contribution in [3.8, 4) is 0 Å². The maximum absolute atomic E-state index is 12.1. The molecule has 0 fully saturated rings. The maximum Gasteiger partial charge on any atom is 0.315 e. The largest absolute Gasteiger partial charge is 0.394 e. The Morgan fingerprint density at radius 2 is 1.86 bits per heavy atom. The average molecular weight is 307 g/mol. The lowest BCUT2D eigenvalue weighted by Gasteiger charge is -2.27. The van der Waals surface area contributed by atoms with Crippen molar-refractivity contribution in [3.63, 3.8) is 0 Å². The van der Waals surface area contributed by atoms with Crippen molar-refractivity contribution in [2.45, 2.75) is 38.3 Å². The van der Waals surface area contributed by atoms with Gasteiger partial charge < -0.3 is 21.1 Å². The molecule has 122 valence electrons. The number of nitrogens with one attached hydrogen (secondary N) is 3. The monoisotopic (exact) mass is 307 g/mol. The number of carbonyl (C=O) groups excluding carboxylic acids is 2. The molecule has 6 heteroatoms. The smallest absolute Gasteiger partial charge is 0.315 e. The third kappa shape index (κ3) is 6.13. The highest BCUT2D eigenvalue weighted by Gasteiger charge is 2.23. The van der Waals surface area contributed by atoms with Crippen LogP contribution in [0.2, 0.25) is 0 Å². The number of urea groups is 1. The summed E-state index contributed by atoms with van der Waals surface area (Å²) in [6.07, 6.45) is 0.862. The molecule has 0 heterocycles. The summed E-state index contributed by atoms with van der Waals surface area (Å²) in [5, 5.41) is 17.6. The van der Waals surface area contributed by atoms with Crippen molar-refractivity contribution in [2.75, 3.05) is 13.7 Å². The molecule has 0 aromatic heterocycles. The number of aliphatic hydroxyl groups is 1. The van der Waals surface area contributed by atoms with Gasteiger partial charge >= 0.3 is 6.03 Å². The van der Waals surface area contributed by atoms with Crippen LogP contribution in [0.1, 0.15) is 38.3 Å². The van der Waals surface area contributed by atoms with E-state index in [0.717, 1.165) is 5.56 Å². The Hall–Kier alpha value is -2.08. The van der Waals surface area contributed by atoms with Gasteiger partial charge in [0, 0.05) is 19.0 Å². The van der Waals surface area contributed by atoms with E-state index in [4.69, 9.17) is 0 Å². The molecule has 0 bridgehead atoms. The van der Waals surface area contributed by atoms with Crippen molar-refractivity contribution in [3.05, 3.63) is 35.9 Å². The highest BCUT2D eigenvalue weighted by Crippen LogP contribution is 2.14. The Kier molecular flexibility index (Phi) is 6.85. The summed E-state index contributed by atoms with van der Waals surface area (Å²) in [5.74, 6) is -0.0622. The molecule has 0 aliphatic heterocycles. The Morgan fingerprint density at radius 3 is 2.41 bits per heavy atom. The summed E-state index contributed by atoms with van der Waals surface area (Å²) in [7, 11) is 1.58. The summed E-state index contributed by atoms with van der Waals surface area (Å²) in [4.78, 5) is 23.4. The Labute approximate surface area is 131 Å². The standard InChI is InChI=1S/C16H25N3O3/c1-16(2,10-9-14(21)17-3)19-15(22)18-13(11-20)12-7-5-4-6-8-12/h4-8,13,20H,9-11H2,1-3H3,(H,17,21)(H2,18,19,22)/t13-/m0/s1. The average Bonchev–Trinajstić information content (AvgIpc) is 2.50. The zero-order valence-electron chi connectivity index (χ0n) is 13.3. The van der Waals surface area contributed by atoms with Crippen LogP contribution in [0.3, 0.4) is 0 Å². The van der Waals surface area contributed by atoms with Gasteiger partial charge in [-0.05, 0) is 25.8 Å².